The Morgan fingerprint density at radius 3 is 2.43 bits per heavy atom. The molecule has 7 heteroatoms. The summed E-state index contributed by atoms with van der Waals surface area (Å²) in [7, 11) is 0. The zero-order valence-corrected chi connectivity index (χ0v) is 18.1. The van der Waals surface area contributed by atoms with Crippen LogP contribution in [0.3, 0.4) is 0 Å². The fourth-order valence-electron chi connectivity index (χ4n) is 3.80. The summed E-state index contributed by atoms with van der Waals surface area (Å²) in [4.78, 5) is 26.9. The zero-order valence-electron chi connectivity index (χ0n) is 17.3. The van der Waals surface area contributed by atoms with Crippen molar-refractivity contribution in [1.29, 1.82) is 0 Å². The molecule has 0 bridgehead atoms. The third-order valence-electron chi connectivity index (χ3n) is 5.59. The van der Waals surface area contributed by atoms with Gasteiger partial charge in [-0.15, -0.1) is 11.3 Å². The van der Waals surface area contributed by atoms with Crippen molar-refractivity contribution in [2.45, 2.75) is 19.4 Å². The van der Waals surface area contributed by atoms with E-state index in [1.54, 1.807) is 23.7 Å². The molecule has 0 saturated carbocycles. The fraction of sp³-hybridized carbons (Fsp3) is 0.348. The maximum Gasteiger partial charge on any atom is 0.277 e. The molecule has 1 aliphatic heterocycles. The van der Waals surface area contributed by atoms with Crippen molar-refractivity contribution in [3.8, 4) is 0 Å². The summed E-state index contributed by atoms with van der Waals surface area (Å²) in [6.45, 7) is 5.56. The van der Waals surface area contributed by atoms with E-state index in [1.807, 2.05) is 11.0 Å². The summed E-state index contributed by atoms with van der Waals surface area (Å²) in [6, 6.07) is 15.0. The Labute approximate surface area is 181 Å². The van der Waals surface area contributed by atoms with Crippen LogP contribution in [0.15, 0.2) is 60.2 Å². The minimum atomic E-state index is 0.152. The summed E-state index contributed by atoms with van der Waals surface area (Å²) >= 11 is 1.74. The molecule has 3 aromatic rings. The van der Waals surface area contributed by atoms with Crippen LogP contribution in [-0.2, 0) is 11.2 Å². The molecule has 1 saturated heterocycles. The van der Waals surface area contributed by atoms with Crippen molar-refractivity contribution >= 4 is 23.2 Å². The molecule has 1 fully saturated rings. The predicted molar refractivity (Wildman–Crippen MR) is 120 cm³/mol. The molecule has 0 aliphatic carbocycles. The molecule has 0 radical (unpaired) electrons. The predicted octanol–water partition coefficient (Wildman–Crippen LogP) is 2.10. The van der Waals surface area contributed by atoms with Crippen LogP contribution in [0.5, 0.6) is 0 Å². The molecule has 156 valence electrons. The van der Waals surface area contributed by atoms with Gasteiger partial charge in [0.2, 0.25) is 5.95 Å². The number of piperazine rings is 1. The van der Waals surface area contributed by atoms with Gasteiger partial charge in [-0.1, -0.05) is 37.3 Å². The second kappa shape index (κ2) is 9.82. The molecule has 2 aromatic heterocycles. The van der Waals surface area contributed by atoms with Gasteiger partial charge in [-0.2, -0.15) is 0 Å². The lowest BCUT2D eigenvalue weighted by Gasteiger charge is -2.34. The van der Waals surface area contributed by atoms with Gasteiger partial charge in [0.05, 0.1) is 4.88 Å². The number of nitrogens with two attached hydrogens (primary N) is 1. The van der Waals surface area contributed by atoms with Gasteiger partial charge in [-0.05, 0) is 29.5 Å². The summed E-state index contributed by atoms with van der Waals surface area (Å²) in [5, 5.41) is 4.27. The van der Waals surface area contributed by atoms with E-state index >= 15 is 0 Å². The second-order valence-corrected chi connectivity index (χ2v) is 8.42. The standard InChI is InChI=1S/C23H27N5OS/c1-2-18-6-8-19(9-7-18)22(20-5-3-16-30-20)26-17-21(29)27-12-14-28(15-13-27)23-24-10-4-11-25-23/h3-11,16,22,26H,2,12-15,17H2,1H3/p+1/t22-/m1/s1. The van der Waals surface area contributed by atoms with Crippen LogP contribution in [-0.4, -0.2) is 53.5 Å². The van der Waals surface area contributed by atoms with Gasteiger partial charge in [0, 0.05) is 44.1 Å². The molecule has 1 amide bonds. The maximum absolute atomic E-state index is 12.9. The average molecular weight is 423 g/mol. The number of aryl methyl sites for hydroxylation is 1. The minimum Gasteiger partial charge on any atom is -0.337 e. The fourth-order valence-corrected chi connectivity index (χ4v) is 4.65. The number of nitrogens with zero attached hydrogens (tertiary/aromatic N) is 4. The molecule has 30 heavy (non-hydrogen) atoms. The van der Waals surface area contributed by atoms with Crippen molar-refractivity contribution in [1.82, 2.24) is 14.9 Å². The Balaban J connectivity index is 1.36. The highest BCUT2D eigenvalue weighted by Crippen LogP contribution is 2.23. The lowest BCUT2D eigenvalue weighted by molar-refractivity contribution is -0.676. The number of anilines is 1. The third kappa shape index (κ3) is 4.86. The highest BCUT2D eigenvalue weighted by molar-refractivity contribution is 7.10. The van der Waals surface area contributed by atoms with E-state index in [1.165, 1.54) is 16.0 Å². The Kier molecular flexibility index (Phi) is 6.71. The monoisotopic (exact) mass is 422 g/mol. The number of hydrogen-bond acceptors (Lipinski definition) is 5. The highest BCUT2D eigenvalue weighted by Gasteiger charge is 2.25. The smallest absolute Gasteiger partial charge is 0.277 e. The van der Waals surface area contributed by atoms with Crippen LogP contribution in [0.2, 0.25) is 0 Å². The summed E-state index contributed by atoms with van der Waals surface area (Å²) in [6.07, 6.45) is 4.55. The molecule has 1 aromatic carbocycles. The van der Waals surface area contributed by atoms with Crippen LogP contribution < -0.4 is 10.2 Å². The molecular formula is C23H28N5OS+. The van der Waals surface area contributed by atoms with E-state index in [-0.39, 0.29) is 11.9 Å². The van der Waals surface area contributed by atoms with Crippen molar-refractivity contribution in [3.63, 3.8) is 0 Å². The molecule has 4 rings (SSSR count). The van der Waals surface area contributed by atoms with Gasteiger partial charge in [0.25, 0.3) is 5.91 Å². The summed E-state index contributed by atoms with van der Waals surface area (Å²) in [5.74, 6) is 0.930. The maximum atomic E-state index is 12.9. The van der Waals surface area contributed by atoms with Gasteiger partial charge in [-0.25, -0.2) is 9.97 Å². The first kappa shape index (κ1) is 20.5. The van der Waals surface area contributed by atoms with Gasteiger partial charge >= 0.3 is 0 Å². The van der Waals surface area contributed by atoms with Gasteiger partial charge < -0.3 is 15.1 Å². The largest absolute Gasteiger partial charge is 0.337 e. The second-order valence-electron chi connectivity index (χ2n) is 7.44. The van der Waals surface area contributed by atoms with Gasteiger partial charge in [-0.3, -0.25) is 4.79 Å². The molecule has 1 atom stereocenters. The van der Waals surface area contributed by atoms with E-state index in [0.29, 0.717) is 19.6 Å². The van der Waals surface area contributed by atoms with Crippen molar-refractivity contribution < 1.29 is 10.1 Å². The SMILES string of the molecule is CCc1ccc([C@@H]([NH2+]CC(=O)N2CCN(c3ncccn3)CC2)c2cccs2)cc1. The lowest BCUT2D eigenvalue weighted by Crippen LogP contribution is -2.87. The van der Waals surface area contributed by atoms with Crippen LogP contribution in [0.1, 0.15) is 29.0 Å². The van der Waals surface area contributed by atoms with Crippen LogP contribution in [0, 0.1) is 0 Å². The van der Waals surface area contributed by atoms with Crippen LogP contribution in [0.4, 0.5) is 5.95 Å². The van der Waals surface area contributed by atoms with Crippen molar-refractivity contribution in [2.24, 2.45) is 0 Å². The Bertz CT molecular complexity index is 922. The number of thiophene rings is 1. The van der Waals surface area contributed by atoms with E-state index < -0.39 is 0 Å². The number of amides is 1. The molecule has 1 aliphatic rings. The first-order valence-electron chi connectivity index (χ1n) is 10.5. The zero-order chi connectivity index (χ0) is 20.8. The Morgan fingerprint density at radius 1 is 1.07 bits per heavy atom. The Hall–Kier alpha value is -2.77. The average Bonchev–Trinajstić information content (AvgIpc) is 3.35. The van der Waals surface area contributed by atoms with E-state index in [2.05, 4.69) is 68.9 Å². The van der Waals surface area contributed by atoms with E-state index in [4.69, 9.17) is 0 Å². The number of hydrogen-bond donors (Lipinski definition) is 1. The summed E-state index contributed by atoms with van der Waals surface area (Å²) < 4.78 is 0. The number of aromatic nitrogens is 2. The number of quaternary nitrogens is 1. The normalized spacial score (nSPS) is 15.2. The first-order valence-corrected chi connectivity index (χ1v) is 11.4. The molecule has 3 heterocycles. The number of carbonyl (C=O) groups excluding carboxylic acids is 1. The number of carbonyl (C=O) groups is 1. The lowest BCUT2D eigenvalue weighted by atomic mass is 10.0. The molecular weight excluding hydrogens is 394 g/mol. The number of rotatable bonds is 7. The molecule has 2 N–H and O–H groups in total. The van der Waals surface area contributed by atoms with E-state index in [0.717, 1.165) is 25.5 Å². The quantitative estimate of drug-likeness (QED) is 0.633. The van der Waals surface area contributed by atoms with Crippen LogP contribution >= 0.6 is 11.3 Å². The topological polar surface area (TPSA) is 65.9 Å². The van der Waals surface area contributed by atoms with Gasteiger partial charge in [0.1, 0.15) is 6.04 Å². The van der Waals surface area contributed by atoms with Crippen LogP contribution in [0.25, 0.3) is 0 Å². The van der Waals surface area contributed by atoms with Crippen molar-refractivity contribution in [2.75, 3.05) is 37.6 Å². The van der Waals surface area contributed by atoms with Crippen molar-refractivity contribution in [3.05, 3.63) is 76.2 Å². The number of benzene rings is 1. The molecule has 6 nitrogen and oxygen atoms in total. The Morgan fingerprint density at radius 2 is 1.80 bits per heavy atom. The summed E-state index contributed by atoms with van der Waals surface area (Å²) in [5.41, 5.74) is 2.58. The highest BCUT2D eigenvalue weighted by atomic mass is 32.1. The molecule has 0 spiro atoms. The molecule has 0 unspecified atom stereocenters. The minimum absolute atomic E-state index is 0.152. The first-order chi connectivity index (χ1) is 14.7. The van der Waals surface area contributed by atoms with Gasteiger partial charge in [0.15, 0.2) is 6.54 Å². The van der Waals surface area contributed by atoms with E-state index in [9.17, 15) is 4.79 Å². The third-order valence-corrected chi connectivity index (χ3v) is 6.55.